The Morgan fingerprint density at radius 1 is 0.810 bits per heavy atom. The maximum absolute atomic E-state index is 10.8. The molecule has 0 atom stereocenters. The molecule has 0 amide bonds. The predicted octanol–water partition coefficient (Wildman–Crippen LogP) is 1.73. The third kappa shape index (κ3) is 24.3. The average molecular weight is 337 g/mol. The van der Waals surface area contributed by atoms with Gasteiger partial charge in [-0.2, -0.15) is 0 Å². The van der Waals surface area contributed by atoms with Gasteiger partial charge in [0.05, 0.1) is 0 Å². The molecule has 0 saturated carbocycles. The van der Waals surface area contributed by atoms with Crippen molar-refractivity contribution in [3.63, 3.8) is 0 Å². The summed E-state index contributed by atoms with van der Waals surface area (Å²) in [5, 5.41) is 21.6. The molecule has 0 N–H and O–H groups in total. The Labute approximate surface area is 138 Å². The van der Waals surface area contributed by atoms with E-state index in [9.17, 15) is 19.8 Å². The second-order valence-electron chi connectivity index (χ2n) is 5.64. The van der Waals surface area contributed by atoms with Crippen molar-refractivity contribution in [3.8, 4) is 0 Å². The minimum atomic E-state index is -0.161. The van der Waals surface area contributed by atoms with Crippen molar-refractivity contribution in [1.82, 2.24) is 0 Å². The van der Waals surface area contributed by atoms with Crippen LogP contribution in [0.25, 0.3) is 0 Å². The second-order valence-corrected chi connectivity index (χ2v) is 5.64. The molecule has 0 aliphatic heterocycles. The summed E-state index contributed by atoms with van der Waals surface area (Å²) in [5.41, 5.74) is 0. The fraction of sp³-hybridized carbons (Fsp3) is 0.625. The standard InChI is InChI=1S/2C8H14O2.Mn/c2*1-6(2)4-8(10)5-7(3)9;/h2*5-6,10H,4H2,1-3H3;/q;;+2/p-2. The quantitative estimate of drug-likeness (QED) is 0.420. The van der Waals surface area contributed by atoms with Crippen LogP contribution in [0.5, 0.6) is 0 Å². The van der Waals surface area contributed by atoms with Gasteiger partial charge >= 0.3 is 17.1 Å². The molecule has 0 aromatic carbocycles. The minimum Gasteiger partial charge on any atom is -0.875 e. The van der Waals surface area contributed by atoms with Crippen LogP contribution in [0.3, 0.4) is 0 Å². The average Bonchev–Trinajstić information content (AvgIpc) is 2.11. The molecule has 0 aromatic rings. The van der Waals surface area contributed by atoms with E-state index in [1.54, 1.807) is 0 Å². The van der Waals surface area contributed by atoms with Crippen LogP contribution >= 0.6 is 0 Å². The molecule has 0 rings (SSSR count). The maximum atomic E-state index is 10.8. The van der Waals surface area contributed by atoms with Crippen LogP contribution in [0.4, 0.5) is 0 Å². The number of carbonyl (C=O) groups is 2. The van der Waals surface area contributed by atoms with Gasteiger partial charge in [-0.25, -0.2) is 0 Å². The monoisotopic (exact) mass is 337 g/mol. The molecule has 0 heterocycles. The largest absolute Gasteiger partial charge is 2.00 e. The Kier molecular flexibility index (Phi) is 16.5. The van der Waals surface area contributed by atoms with Crippen molar-refractivity contribution in [1.29, 1.82) is 0 Å². The van der Waals surface area contributed by atoms with E-state index in [2.05, 4.69) is 0 Å². The predicted molar refractivity (Wildman–Crippen MR) is 76.4 cm³/mol. The zero-order valence-electron chi connectivity index (χ0n) is 13.7. The van der Waals surface area contributed by atoms with Gasteiger partial charge in [-0.05, 0) is 50.7 Å². The molecule has 0 aromatic heterocycles. The molecule has 0 spiro atoms. The smallest absolute Gasteiger partial charge is 0.875 e. The van der Waals surface area contributed by atoms with Crippen molar-refractivity contribution in [3.05, 3.63) is 23.7 Å². The molecule has 4 nitrogen and oxygen atoms in total. The normalized spacial score (nSPS) is 11.6. The van der Waals surface area contributed by atoms with Gasteiger partial charge in [0.2, 0.25) is 0 Å². The molecule has 121 valence electrons. The van der Waals surface area contributed by atoms with Gasteiger partial charge in [-0.3, -0.25) is 9.59 Å². The van der Waals surface area contributed by atoms with Gasteiger partial charge in [-0.1, -0.05) is 27.7 Å². The van der Waals surface area contributed by atoms with Gasteiger partial charge in [0.25, 0.3) is 0 Å². The van der Waals surface area contributed by atoms with E-state index in [0.29, 0.717) is 24.7 Å². The van der Waals surface area contributed by atoms with Crippen LogP contribution in [0, 0.1) is 11.8 Å². The maximum Gasteiger partial charge on any atom is 2.00 e. The van der Waals surface area contributed by atoms with Crippen LogP contribution in [0.15, 0.2) is 23.7 Å². The van der Waals surface area contributed by atoms with Crippen molar-refractivity contribution >= 4 is 11.6 Å². The molecule has 21 heavy (non-hydrogen) atoms. The van der Waals surface area contributed by atoms with E-state index in [1.165, 1.54) is 13.8 Å². The minimum absolute atomic E-state index is 0. The molecule has 0 aliphatic carbocycles. The van der Waals surface area contributed by atoms with E-state index < -0.39 is 0 Å². The zero-order chi connectivity index (χ0) is 16.3. The number of rotatable bonds is 6. The van der Waals surface area contributed by atoms with Crippen LogP contribution in [0.2, 0.25) is 0 Å². The Hall–Kier alpha value is -1.06. The molecule has 0 aliphatic rings. The van der Waals surface area contributed by atoms with E-state index in [1.807, 2.05) is 27.7 Å². The fourth-order valence-corrected chi connectivity index (χ4v) is 1.38. The van der Waals surface area contributed by atoms with Gasteiger partial charge in [-0.15, -0.1) is 11.5 Å². The van der Waals surface area contributed by atoms with Gasteiger partial charge in [0.1, 0.15) is 0 Å². The van der Waals surface area contributed by atoms with Crippen LogP contribution in [0.1, 0.15) is 54.4 Å². The van der Waals surface area contributed by atoms with Gasteiger partial charge in [0.15, 0.2) is 11.6 Å². The molecule has 0 saturated heterocycles. The first-order valence-electron chi connectivity index (χ1n) is 6.80. The molecular formula is C16H26MnO4. The fourth-order valence-electron chi connectivity index (χ4n) is 1.38. The molecule has 5 heteroatoms. The Bertz CT molecular complexity index is 332. The van der Waals surface area contributed by atoms with Crippen molar-refractivity contribution in [2.45, 2.75) is 54.4 Å². The topological polar surface area (TPSA) is 80.3 Å². The summed E-state index contributed by atoms with van der Waals surface area (Å²) in [5.74, 6) is 0.215. The number of ketones is 2. The first-order chi connectivity index (χ1) is 9.04. The van der Waals surface area contributed by atoms with E-state index >= 15 is 0 Å². The van der Waals surface area contributed by atoms with Crippen molar-refractivity contribution in [2.75, 3.05) is 0 Å². The Morgan fingerprint density at radius 3 is 1.19 bits per heavy atom. The van der Waals surface area contributed by atoms with Crippen LogP contribution in [-0.2, 0) is 26.7 Å². The zero-order valence-corrected chi connectivity index (χ0v) is 14.9. The number of allylic oxidation sites excluding steroid dienone is 4. The summed E-state index contributed by atoms with van der Waals surface area (Å²) in [6, 6.07) is 0. The number of hydrogen-bond donors (Lipinski definition) is 0. The molecule has 0 unspecified atom stereocenters. The molecular weight excluding hydrogens is 311 g/mol. The van der Waals surface area contributed by atoms with Crippen LogP contribution in [-0.4, -0.2) is 11.6 Å². The SMILES string of the molecule is CC(=O)C=C([O-])CC(C)C.CC(=O)C=C([O-])CC(C)C.[Mn+2]. The summed E-state index contributed by atoms with van der Waals surface area (Å²) in [7, 11) is 0. The number of carbonyl (C=O) groups excluding carboxylic acids is 2. The Balaban J connectivity index is -0.000000295. The first kappa shape index (κ1) is 24.9. The third-order valence-corrected chi connectivity index (χ3v) is 1.95. The summed E-state index contributed by atoms with van der Waals surface area (Å²) >= 11 is 0. The third-order valence-electron chi connectivity index (χ3n) is 1.95. The summed E-state index contributed by atoms with van der Waals surface area (Å²) in [4.78, 5) is 20.7. The molecule has 0 fully saturated rings. The van der Waals surface area contributed by atoms with Crippen LogP contribution < -0.4 is 10.2 Å². The summed E-state index contributed by atoms with van der Waals surface area (Å²) < 4.78 is 0. The van der Waals surface area contributed by atoms with Crippen molar-refractivity contribution < 1.29 is 36.9 Å². The molecule has 0 bridgehead atoms. The number of hydrogen-bond acceptors (Lipinski definition) is 4. The summed E-state index contributed by atoms with van der Waals surface area (Å²) in [6.45, 7) is 10.6. The second kappa shape index (κ2) is 13.9. The Morgan fingerprint density at radius 2 is 1.05 bits per heavy atom. The van der Waals surface area contributed by atoms with E-state index in [4.69, 9.17) is 0 Å². The molecule has 1 radical (unpaired) electrons. The van der Waals surface area contributed by atoms with Crippen molar-refractivity contribution in [2.24, 2.45) is 11.8 Å². The van der Waals surface area contributed by atoms with Gasteiger partial charge in [0, 0.05) is 0 Å². The van der Waals surface area contributed by atoms with E-state index in [0.717, 1.165) is 12.2 Å². The summed E-state index contributed by atoms with van der Waals surface area (Å²) in [6.07, 6.45) is 3.25. The first-order valence-corrected chi connectivity index (χ1v) is 6.80. The van der Waals surface area contributed by atoms with E-state index in [-0.39, 0.29) is 40.2 Å². The van der Waals surface area contributed by atoms with Gasteiger partial charge < -0.3 is 10.2 Å².